The quantitative estimate of drug-likeness (QED) is 0.832. The lowest BCUT2D eigenvalue weighted by Crippen LogP contribution is -2.39. The molecule has 2 amide bonds. The molecule has 0 bridgehead atoms. The van der Waals surface area contributed by atoms with E-state index in [0.717, 1.165) is 23.4 Å². The van der Waals surface area contributed by atoms with Crippen LogP contribution in [0.1, 0.15) is 18.1 Å². The Labute approximate surface area is 119 Å². The summed E-state index contributed by atoms with van der Waals surface area (Å²) in [7, 11) is 0. The lowest BCUT2D eigenvalue weighted by Gasteiger charge is -2.23. The maximum atomic E-state index is 12.6. The number of hydrogen-bond acceptors (Lipinski definition) is 1. The van der Waals surface area contributed by atoms with Gasteiger partial charge in [-0.05, 0) is 43.5 Å². The predicted molar refractivity (Wildman–Crippen MR) is 82.3 cm³/mol. The van der Waals surface area contributed by atoms with Crippen molar-refractivity contribution in [2.45, 2.75) is 26.3 Å². The third-order valence-corrected chi connectivity index (χ3v) is 3.81. The zero-order valence-electron chi connectivity index (χ0n) is 11.8. The second-order valence-electron chi connectivity index (χ2n) is 5.30. The summed E-state index contributed by atoms with van der Waals surface area (Å²) in [5.41, 5.74) is 4.20. The first-order valence-corrected chi connectivity index (χ1v) is 6.90. The number of aryl methyl sites for hydroxylation is 1. The number of nitrogens with one attached hydrogen (secondary N) is 1. The van der Waals surface area contributed by atoms with Crippen molar-refractivity contribution in [3.63, 3.8) is 0 Å². The van der Waals surface area contributed by atoms with Crippen LogP contribution in [0.4, 0.5) is 16.2 Å². The molecule has 0 spiro atoms. The standard InChI is InChI=1S/C17H18N2O/c1-12-7-3-5-9-15(12)18-17(20)19-13(2)11-14-8-4-6-10-16(14)19/h3-10,13H,11H2,1-2H3,(H,18,20)/t13-/m0/s1. The van der Waals surface area contributed by atoms with E-state index in [1.54, 1.807) is 0 Å². The van der Waals surface area contributed by atoms with E-state index in [2.05, 4.69) is 18.3 Å². The molecule has 3 nitrogen and oxygen atoms in total. The molecule has 3 rings (SSSR count). The first-order chi connectivity index (χ1) is 9.66. The summed E-state index contributed by atoms with van der Waals surface area (Å²) in [6, 6.07) is 16.1. The number of amides is 2. The Morgan fingerprint density at radius 2 is 1.85 bits per heavy atom. The maximum Gasteiger partial charge on any atom is 0.326 e. The van der Waals surface area contributed by atoms with Gasteiger partial charge in [0.1, 0.15) is 0 Å². The largest absolute Gasteiger partial charge is 0.326 e. The van der Waals surface area contributed by atoms with Crippen LogP contribution in [0.25, 0.3) is 0 Å². The minimum atomic E-state index is -0.0586. The number of fused-ring (bicyclic) bond motifs is 1. The SMILES string of the molecule is Cc1ccccc1NC(=O)N1c2ccccc2C[C@@H]1C. The maximum absolute atomic E-state index is 12.6. The minimum Gasteiger partial charge on any atom is -0.307 e. The highest BCUT2D eigenvalue weighted by atomic mass is 16.2. The number of hydrogen-bond donors (Lipinski definition) is 1. The molecular weight excluding hydrogens is 248 g/mol. The Balaban J connectivity index is 1.86. The number of rotatable bonds is 1. The van der Waals surface area contributed by atoms with Crippen LogP contribution in [0.2, 0.25) is 0 Å². The fourth-order valence-corrected chi connectivity index (χ4v) is 2.76. The van der Waals surface area contributed by atoms with E-state index in [-0.39, 0.29) is 12.1 Å². The van der Waals surface area contributed by atoms with Gasteiger partial charge in [-0.15, -0.1) is 0 Å². The molecule has 20 heavy (non-hydrogen) atoms. The molecule has 0 aromatic heterocycles. The second-order valence-corrected chi connectivity index (χ2v) is 5.30. The molecule has 3 heteroatoms. The van der Waals surface area contributed by atoms with Gasteiger partial charge < -0.3 is 5.32 Å². The van der Waals surface area contributed by atoms with Crippen LogP contribution in [-0.2, 0) is 6.42 Å². The van der Waals surface area contributed by atoms with E-state index >= 15 is 0 Å². The van der Waals surface area contributed by atoms with Crippen LogP contribution in [0.15, 0.2) is 48.5 Å². The molecule has 0 saturated heterocycles. The first-order valence-electron chi connectivity index (χ1n) is 6.90. The van der Waals surface area contributed by atoms with E-state index in [0.29, 0.717) is 0 Å². The van der Waals surface area contributed by atoms with Crippen LogP contribution in [0.3, 0.4) is 0 Å². The van der Waals surface area contributed by atoms with Crippen LogP contribution in [0, 0.1) is 6.92 Å². The van der Waals surface area contributed by atoms with Crippen molar-refractivity contribution in [1.29, 1.82) is 0 Å². The number of para-hydroxylation sites is 2. The zero-order chi connectivity index (χ0) is 14.1. The lowest BCUT2D eigenvalue weighted by molar-refractivity contribution is 0.256. The molecular formula is C17H18N2O. The van der Waals surface area contributed by atoms with Crippen molar-refractivity contribution in [2.75, 3.05) is 10.2 Å². The zero-order valence-corrected chi connectivity index (χ0v) is 11.8. The molecule has 0 radical (unpaired) electrons. The Bertz CT molecular complexity index is 651. The summed E-state index contributed by atoms with van der Waals surface area (Å²) in [5, 5.41) is 3.01. The first kappa shape index (κ1) is 12.7. The molecule has 0 unspecified atom stereocenters. The molecule has 2 aromatic carbocycles. The Morgan fingerprint density at radius 1 is 1.15 bits per heavy atom. The van der Waals surface area contributed by atoms with Crippen LogP contribution in [0.5, 0.6) is 0 Å². The van der Waals surface area contributed by atoms with Gasteiger partial charge in [-0.25, -0.2) is 4.79 Å². The number of carbonyl (C=O) groups excluding carboxylic acids is 1. The molecule has 1 aliphatic heterocycles. The molecule has 0 fully saturated rings. The van der Waals surface area contributed by atoms with Gasteiger partial charge in [0.25, 0.3) is 0 Å². The lowest BCUT2D eigenvalue weighted by atomic mass is 10.1. The van der Waals surface area contributed by atoms with Gasteiger partial charge in [0.15, 0.2) is 0 Å². The fraction of sp³-hybridized carbons (Fsp3) is 0.235. The molecule has 1 aliphatic rings. The second kappa shape index (κ2) is 5.00. The molecule has 2 aromatic rings. The summed E-state index contributed by atoms with van der Waals surface area (Å²) >= 11 is 0. The van der Waals surface area contributed by atoms with E-state index in [1.165, 1.54) is 5.56 Å². The van der Waals surface area contributed by atoms with Gasteiger partial charge in [-0.1, -0.05) is 36.4 Å². The number of nitrogens with zero attached hydrogens (tertiary/aromatic N) is 1. The van der Waals surface area contributed by atoms with Crippen molar-refractivity contribution in [2.24, 2.45) is 0 Å². The van der Waals surface area contributed by atoms with E-state index < -0.39 is 0 Å². The average molecular weight is 266 g/mol. The molecule has 0 saturated carbocycles. The Kier molecular flexibility index (Phi) is 3.18. The van der Waals surface area contributed by atoms with E-state index in [9.17, 15) is 4.79 Å². The number of carbonyl (C=O) groups is 1. The predicted octanol–water partition coefficient (Wildman–Crippen LogP) is 3.98. The van der Waals surface area contributed by atoms with Crippen LogP contribution < -0.4 is 10.2 Å². The van der Waals surface area contributed by atoms with Gasteiger partial charge in [-0.2, -0.15) is 0 Å². The summed E-state index contributed by atoms with van der Waals surface area (Å²) in [6.07, 6.45) is 0.914. The summed E-state index contributed by atoms with van der Waals surface area (Å²) in [4.78, 5) is 14.4. The summed E-state index contributed by atoms with van der Waals surface area (Å²) in [5.74, 6) is 0. The normalized spacial score (nSPS) is 16.9. The third-order valence-electron chi connectivity index (χ3n) is 3.81. The van der Waals surface area contributed by atoms with Crippen molar-refractivity contribution in [3.8, 4) is 0 Å². The Morgan fingerprint density at radius 3 is 2.65 bits per heavy atom. The van der Waals surface area contributed by atoms with Crippen molar-refractivity contribution in [3.05, 3.63) is 59.7 Å². The molecule has 102 valence electrons. The van der Waals surface area contributed by atoms with Gasteiger partial charge in [0.05, 0.1) is 0 Å². The molecule has 1 heterocycles. The third kappa shape index (κ3) is 2.16. The Hall–Kier alpha value is -2.29. The van der Waals surface area contributed by atoms with Crippen molar-refractivity contribution < 1.29 is 4.79 Å². The van der Waals surface area contributed by atoms with Crippen molar-refractivity contribution in [1.82, 2.24) is 0 Å². The highest BCUT2D eigenvalue weighted by Gasteiger charge is 2.30. The average Bonchev–Trinajstić information content (AvgIpc) is 2.77. The molecule has 0 aliphatic carbocycles. The number of benzene rings is 2. The van der Waals surface area contributed by atoms with Crippen molar-refractivity contribution >= 4 is 17.4 Å². The van der Waals surface area contributed by atoms with E-state index in [4.69, 9.17) is 0 Å². The van der Waals surface area contributed by atoms with Crippen LogP contribution in [-0.4, -0.2) is 12.1 Å². The fourth-order valence-electron chi connectivity index (χ4n) is 2.76. The smallest absolute Gasteiger partial charge is 0.307 e. The van der Waals surface area contributed by atoms with Gasteiger partial charge in [-0.3, -0.25) is 4.90 Å². The topological polar surface area (TPSA) is 32.3 Å². The van der Waals surface area contributed by atoms with E-state index in [1.807, 2.05) is 54.3 Å². The summed E-state index contributed by atoms with van der Waals surface area (Å²) in [6.45, 7) is 4.08. The van der Waals surface area contributed by atoms with Gasteiger partial charge in [0.2, 0.25) is 0 Å². The summed E-state index contributed by atoms with van der Waals surface area (Å²) < 4.78 is 0. The highest BCUT2D eigenvalue weighted by Crippen LogP contribution is 2.32. The van der Waals surface area contributed by atoms with Gasteiger partial charge in [0, 0.05) is 17.4 Å². The molecule has 1 atom stereocenters. The van der Waals surface area contributed by atoms with Crippen LogP contribution >= 0.6 is 0 Å². The minimum absolute atomic E-state index is 0.0586. The monoisotopic (exact) mass is 266 g/mol. The number of urea groups is 1. The molecule has 1 N–H and O–H groups in total. The highest BCUT2D eigenvalue weighted by molar-refractivity contribution is 6.04. The number of anilines is 2. The van der Waals surface area contributed by atoms with Gasteiger partial charge >= 0.3 is 6.03 Å².